The smallest absolute Gasteiger partial charge is 0.214 e. The van der Waals surface area contributed by atoms with Crippen LogP contribution >= 0.6 is 11.6 Å². The summed E-state index contributed by atoms with van der Waals surface area (Å²) in [4.78, 5) is 13.3. The third-order valence-corrected chi connectivity index (χ3v) is 6.46. The summed E-state index contributed by atoms with van der Waals surface area (Å²) in [6, 6.07) is 26.4. The molecular formula is C30H26ClN7O. The Balaban J connectivity index is 1.31. The number of nitrogens with zero attached hydrogens (tertiary/aromatic N) is 5. The Morgan fingerprint density at radius 2 is 1.64 bits per heavy atom. The van der Waals surface area contributed by atoms with Gasteiger partial charge in [0.05, 0.1) is 11.4 Å². The van der Waals surface area contributed by atoms with Crippen molar-refractivity contribution >= 4 is 28.9 Å². The zero-order valence-corrected chi connectivity index (χ0v) is 22.1. The molecule has 5 rings (SSSR count). The van der Waals surface area contributed by atoms with Crippen LogP contribution in [0, 0.1) is 18.3 Å². The summed E-state index contributed by atoms with van der Waals surface area (Å²) < 4.78 is 3.40. The number of anilines is 2. The molecule has 0 saturated carbocycles. The number of hydrogen-bond donors (Lipinski definition) is 2. The number of nitriles is 1. The second-order valence-corrected chi connectivity index (χ2v) is 9.41. The highest BCUT2D eigenvalue weighted by molar-refractivity contribution is 6.30. The van der Waals surface area contributed by atoms with Gasteiger partial charge < -0.3 is 10.6 Å². The largest absolute Gasteiger partial charge is 0.385 e. The number of rotatable bonds is 10. The van der Waals surface area contributed by atoms with Crippen molar-refractivity contribution in [2.24, 2.45) is 0 Å². The molecule has 2 aromatic heterocycles. The van der Waals surface area contributed by atoms with Crippen molar-refractivity contribution in [1.82, 2.24) is 19.6 Å². The van der Waals surface area contributed by atoms with Crippen LogP contribution in [-0.2, 0) is 0 Å². The minimum Gasteiger partial charge on any atom is -0.385 e. The maximum absolute atomic E-state index is 13.3. The quantitative estimate of drug-likeness (QED) is 0.167. The van der Waals surface area contributed by atoms with Gasteiger partial charge in [-0.05, 0) is 67.9 Å². The van der Waals surface area contributed by atoms with Gasteiger partial charge >= 0.3 is 0 Å². The highest BCUT2D eigenvalue weighted by Crippen LogP contribution is 2.26. The molecular weight excluding hydrogens is 510 g/mol. The molecule has 0 aliphatic rings. The molecule has 0 atom stereocenters. The van der Waals surface area contributed by atoms with Crippen molar-refractivity contribution in [3.8, 4) is 17.4 Å². The minimum absolute atomic E-state index is 0.106. The van der Waals surface area contributed by atoms with Gasteiger partial charge in [0, 0.05) is 41.8 Å². The van der Waals surface area contributed by atoms with E-state index in [0.29, 0.717) is 35.2 Å². The molecule has 0 aliphatic carbocycles. The van der Waals surface area contributed by atoms with Gasteiger partial charge in [-0.2, -0.15) is 15.5 Å². The summed E-state index contributed by atoms with van der Waals surface area (Å²) in [6.07, 6.45) is 4.41. The summed E-state index contributed by atoms with van der Waals surface area (Å²) in [5.74, 6) is 0.168. The molecule has 0 spiro atoms. The van der Waals surface area contributed by atoms with Gasteiger partial charge in [0.15, 0.2) is 5.69 Å². The minimum atomic E-state index is -0.303. The zero-order valence-electron chi connectivity index (χ0n) is 21.3. The fraction of sp³-hybridized carbons (Fsp3) is 0.133. The fourth-order valence-electron chi connectivity index (χ4n) is 4.14. The molecule has 3 aromatic carbocycles. The van der Waals surface area contributed by atoms with Gasteiger partial charge in [-0.25, -0.2) is 9.36 Å². The predicted octanol–water partition coefficient (Wildman–Crippen LogP) is 6.04. The van der Waals surface area contributed by atoms with Crippen LogP contribution < -0.4 is 10.6 Å². The van der Waals surface area contributed by atoms with Gasteiger partial charge in [0.25, 0.3) is 0 Å². The SMILES string of the molecule is Cc1ccc(C(=O)c2nn(-c3ccc(Cl)cc3)c(NCCCNc3ccc(-n4cccn4)cc3)c2C#N)cc1. The number of nitrogens with one attached hydrogen (secondary N) is 2. The molecule has 5 aromatic rings. The van der Waals surface area contributed by atoms with Crippen LogP contribution in [0.4, 0.5) is 11.5 Å². The predicted molar refractivity (Wildman–Crippen MR) is 153 cm³/mol. The molecule has 0 saturated heterocycles. The number of hydrogen-bond acceptors (Lipinski definition) is 6. The van der Waals surface area contributed by atoms with E-state index in [1.807, 2.05) is 60.3 Å². The Morgan fingerprint density at radius 1 is 0.949 bits per heavy atom. The number of ketones is 1. The molecule has 8 nitrogen and oxygen atoms in total. The van der Waals surface area contributed by atoms with Crippen molar-refractivity contribution in [2.45, 2.75) is 13.3 Å². The monoisotopic (exact) mass is 535 g/mol. The van der Waals surface area contributed by atoms with Crippen molar-refractivity contribution < 1.29 is 4.79 Å². The van der Waals surface area contributed by atoms with Crippen molar-refractivity contribution in [1.29, 1.82) is 5.26 Å². The lowest BCUT2D eigenvalue weighted by Gasteiger charge is -2.11. The van der Waals surface area contributed by atoms with Gasteiger partial charge in [0.1, 0.15) is 17.5 Å². The van der Waals surface area contributed by atoms with Gasteiger partial charge in [-0.1, -0.05) is 41.4 Å². The molecule has 0 fully saturated rings. The van der Waals surface area contributed by atoms with E-state index in [0.717, 1.165) is 23.4 Å². The number of halogens is 1. The lowest BCUT2D eigenvalue weighted by molar-refractivity contribution is 0.103. The standard InChI is InChI=1S/C30H26ClN7O/c1-21-4-6-22(7-5-21)29(39)28-27(20-32)30(38(36-28)26-12-8-23(31)9-13-26)34-17-2-16-33-24-10-14-25(15-11-24)37-19-3-18-35-37/h3-15,18-19,33-34H,2,16-17H2,1H3. The second kappa shape index (κ2) is 11.7. The lowest BCUT2D eigenvalue weighted by Crippen LogP contribution is -2.12. The Morgan fingerprint density at radius 3 is 2.31 bits per heavy atom. The van der Waals surface area contributed by atoms with Crippen LogP contribution in [0.1, 0.15) is 33.6 Å². The van der Waals surface area contributed by atoms with Crippen LogP contribution in [0.15, 0.2) is 91.3 Å². The van der Waals surface area contributed by atoms with E-state index in [2.05, 4.69) is 26.9 Å². The van der Waals surface area contributed by atoms with E-state index in [1.54, 1.807) is 47.3 Å². The van der Waals surface area contributed by atoms with Crippen LogP contribution in [0.3, 0.4) is 0 Å². The average Bonchev–Trinajstić information content (AvgIpc) is 3.62. The first-order valence-electron chi connectivity index (χ1n) is 12.5. The highest BCUT2D eigenvalue weighted by atomic mass is 35.5. The van der Waals surface area contributed by atoms with E-state index in [1.165, 1.54) is 0 Å². The maximum Gasteiger partial charge on any atom is 0.214 e. The molecule has 9 heteroatoms. The van der Waals surface area contributed by atoms with E-state index in [-0.39, 0.29) is 17.0 Å². The Hall–Kier alpha value is -4.87. The number of carbonyl (C=O) groups excluding carboxylic acids is 1. The molecule has 2 N–H and O–H groups in total. The summed E-state index contributed by atoms with van der Waals surface area (Å²) >= 11 is 6.09. The molecule has 0 radical (unpaired) electrons. The molecule has 0 amide bonds. The van der Waals surface area contributed by atoms with E-state index in [4.69, 9.17) is 11.6 Å². The summed E-state index contributed by atoms with van der Waals surface area (Å²) in [5.41, 5.74) is 4.52. The lowest BCUT2D eigenvalue weighted by atomic mass is 10.0. The first-order chi connectivity index (χ1) is 19.0. The van der Waals surface area contributed by atoms with Crippen molar-refractivity contribution in [3.05, 3.63) is 119 Å². The molecule has 0 aliphatic heterocycles. The van der Waals surface area contributed by atoms with Gasteiger partial charge in [-0.15, -0.1) is 0 Å². The molecule has 0 bridgehead atoms. The maximum atomic E-state index is 13.3. The first kappa shape index (κ1) is 25.8. The zero-order chi connectivity index (χ0) is 27.2. The topological polar surface area (TPSA) is 101 Å². The van der Waals surface area contributed by atoms with Gasteiger partial charge in [0.2, 0.25) is 5.78 Å². The number of benzene rings is 3. The molecule has 2 heterocycles. The summed E-state index contributed by atoms with van der Waals surface area (Å²) in [5, 5.41) is 26.2. The van der Waals surface area contributed by atoms with E-state index in [9.17, 15) is 10.1 Å². The Kier molecular flexibility index (Phi) is 7.71. The van der Waals surface area contributed by atoms with Crippen LogP contribution in [0.25, 0.3) is 11.4 Å². The Labute approximate surface area is 231 Å². The fourth-order valence-corrected chi connectivity index (χ4v) is 4.26. The third-order valence-electron chi connectivity index (χ3n) is 6.21. The highest BCUT2D eigenvalue weighted by Gasteiger charge is 2.25. The van der Waals surface area contributed by atoms with Crippen LogP contribution in [0.2, 0.25) is 5.02 Å². The second-order valence-electron chi connectivity index (χ2n) is 8.97. The van der Waals surface area contributed by atoms with Crippen LogP contribution in [0.5, 0.6) is 0 Å². The van der Waals surface area contributed by atoms with Crippen LogP contribution in [-0.4, -0.2) is 38.4 Å². The number of aromatic nitrogens is 4. The van der Waals surface area contributed by atoms with E-state index < -0.39 is 0 Å². The van der Waals surface area contributed by atoms with Crippen molar-refractivity contribution in [3.63, 3.8) is 0 Å². The summed E-state index contributed by atoms with van der Waals surface area (Å²) in [7, 11) is 0. The number of carbonyl (C=O) groups is 1. The molecule has 39 heavy (non-hydrogen) atoms. The molecule has 194 valence electrons. The van der Waals surface area contributed by atoms with Gasteiger partial charge in [-0.3, -0.25) is 4.79 Å². The molecule has 0 unspecified atom stereocenters. The first-order valence-corrected chi connectivity index (χ1v) is 12.9. The van der Waals surface area contributed by atoms with Crippen molar-refractivity contribution in [2.75, 3.05) is 23.7 Å². The summed E-state index contributed by atoms with van der Waals surface area (Å²) in [6.45, 7) is 3.22. The average molecular weight is 536 g/mol. The Bertz CT molecular complexity index is 1600. The van der Waals surface area contributed by atoms with E-state index >= 15 is 0 Å². The number of aryl methyl sites for hydroxylation is 1. The normalized spacial score (nSPS) is 10.7. The third kappa shape index (κ3) is 5.84.